The van der Waals surface area contributed by atoms with Crippen LogP contribution in [0.4, 0.5) is 0 Å². The quantitative estimate of drug-likeness (QED) is 0.823. The largest absolute Gasteiger partial charge is 0.313 e. The second-order valence-corrected chi connectivity index (χ2v) is 5.62. The van der Waals surface area contributed by atoms with Gasteiger partial charge >= 0.3 is 0 Å². The molecule has 1 aromatic heterocycles. The van der Waals surface area contributed by atoms with Gasteiger partial charge in [0.25, 0.3) is 0 Å². The molecule has 0 spiro atoms. The zero-order chi connectivity index (χ0) is 11.9. The van der Waals surface area contributed by atoms with E-state index < -0.39 is 0 Å². The minimum atomic E-state index is 0.443. The monoisotopic (exact) mass is 233 g/mol. The molecule has 1 unspecified atom stereocenters. The number of fused-ring (bicyclic) bond motifs is 1. The minimum Gasteiger partial charge on any atom is -0.313 e. The predicted octanol–water partition coefficient (Wildman–Crippen LogP) is 4.11. The second kappa shape index (κ2) is 4.19. The van der Waals surface area contributed by atoms with Gasteiger partial charge in [0, 0.05) is 15.6 Å². The molecule has 1 atom stereocenters. The Morgan fingerprint density at radius 2 is 1.75 bits per heavy atom. The number of hydrogen-bond donors (Lipinski definition) is 1. The first-order chi connectivity index (χ1) is 7.54. The zero-order valence-electron chi connectivity index (χ0n) is 10.6. The van der Waals surface area contributed by atoms with Gasteiger partial charge < -0.3 is 5.32 Å². The lowest BCUT2D eigenvalue weighted by atomic mass is 10.0. The van der Waals surface area contributed by atoms with Crippen molar-refractivity contribution in [3.8, 4) is 0 Å². The van der Waals surface area contributed by atoms with Gasteiger partial charge in [-0.1, -0.05) is 6.07 Å². The molecule has 16 heavy (non-hydrogen) atoms. The van der Waals surface area contributed by atoms with Crippen LogP contribution in [0.15, 0.2) is 12.1 Å². The first-order valence-electron chi connectivity index (χ1n) is 5.72. The van der Waals surface area contributed by atoms with E-state index in [4.69, 9.17) is 0 Å². The summed E-state index contributed by atoms with van der Waals surface area (Å²) >= 11 is 1.92. The maximum Gasteiger partial charge on any atom is 0.0386 e. The number of benzene rings is 1. The normalized spacial score (nSPS) is 13.3. The van der Waals surface area contributed by atoms with Gasteiger partial charge in [0.05, 0.1) is 0 Å². The Kier molecular flexibility index (Phi) is 3.04. The molecule has 0 saturated heterocycles. The van der Waals surface area contributed by atoms with Gasteiger partial charge in [0.2, 0.25) is 0 Å². The van der Waals surface area contributed by atoms with Crippen LogP contribution in [0.25, 0.3) is 10.1 Å². The first-order valence-corrected chi connectivity index (χ1v) is 6.53. The number of rotatable bonds is 2. The third-order valence-electron chi connectivity index (χ3n) is 3.42. The fraction of sp³-hybridized carbons (Fsp3) is 0.429. The summed E-state index contributed by atoms with van der Waals surface area (Å²) in [6, 6.07) is 5.08. The summed E-state index contributed by atoms with van der Waals surface area (Å²) in [5.41, 5.74) is 4.21. The number of hydrogen-bond acceptors (Lipinski definition) is 2. The van der Waals surface area contributed by atoms with Crippen molar-refractivity contribution in [2.45, 2.75) is 33.7 Å². The standard InChI is InChI=1S/C14H19NS/c1-8-6-12-10(3)14(11(4)15-5)16-13(12)7-9(8)2/h6-7,11,15H,1-5H3. The smallest absolute Gasteiger partial charge is 0.0386 e. The Hall–Kier alpha value is -0.860. The summed E-state index contributed by atoms with van der Waals surface area (Å²) in [5.74, 6) is 0. The molecule has 1 nitrogen and oxygen atoms in total. The molecule has 1 heterocycles. The molecule has 0 fully saturated rings. The van der Waals surface area contributed by atoms with Crippen molar-refractivity contribution in [2.24, 2.45) is 0 Å². The van der Waals surface area contributed by atoms with Crippen LogP contribution in [-0.2, 0) is 0 Å². The van der Waals surface area contributed by atoms with E-state index in [1.807, 2.05) is 18.4 Å². The van der Waals surface area contributed by atoms with Gasteiger partial charge in [-0.05, 0) is 62.9 Å². The van der Waals surface area contributed by atoms with Crippen molar-refractivity contribution in [2.75, 3.05) is 7.05 Å². The average molecular weight is 233 g/mol. The molecule has 0 bridgehead atoms. The Morgan fingerprint density at radius 1 is 1.12 bits per heavy atom. The van der Waals surface area contributed by atoms with Crippen LogP contribution in [0.2, 0.25) is 0 Å². The van der Waals surface area contributed by atoms with Gasteiger partial charge in [-0.25, -0.2) is 0 Å². The Morgan fingerprint density at radius 3 is 2.38 bits per heavy atom. The van der Waals surface area contributed by atoms with Crippen LogP contribution in [0.3, 0.4) is 0 Å². The molecule has 2 rings (SSSR count). The molecule has 0 aliphatic carbocycles. The minimum absolute atomic E-state index is 0.443. The fourth-order valence-electron chi connectivity index (χ4n) is 2.04. The highest BCUT2D eigenvalue weighted by Crippen LogP contribution is 2.35. The van der Waals surface area contributed by atoms with Gasteiger partial charge in [-0.2, -0.15) is 0 Å². The van der Waals surface area contributed by atoms with Crippen molar-refractivity contribution < 1.29 is 0 Å². The summed E-state index contributed by atoms with van der Waals surface area (Å²) in [4.78, 5) is 1.46. The van der Waals surface area contributed by atoms with Crippen LogP contribution in [0.5, 0.6) is 0 Å². The summed E-state index contributed by atoms with van der Waals surface area (Å²) in [7, 11) is 2.02. The average Bonchev–Trinajstić information content (AvgIpc) is 2.56. The van der Waals surface area contributed by atoms with Gasteiger partial charge in [0.15, 0.2) is 0 Å². The van der Waals surface area contributed by atoms with Crippen LogP contribution in [0, 0.1) is 20.8 Å². The molecule has 0 aliphatic rings. The van der Waals surface area contributed by atoms with Crippen molar-refractivity contribution >= 4 is 21.4 Å². The van der Waals surface area contributed by atoms with Crippen LogP contribution in [0.1, 0.15) is 34.5 Å². The van der Waals surface area contributed by atoms with E-state index in [0.717, 1.165) is 0 Å². The molecule has 86 valence electrons. The summed E-state index contributed by atoms with van der Waals surface area (Å²) < 4.78 is 1.41. The lowest BCUT2D eigenvalue weighted by Crippen LogP contribution is -2.11. The fourth-order valence-corrected chi connectivity index (χ4v) is 3.39. The highest BCUT2D eigenvalue weighted by Gasteiger charge is 2.13. The van der Waals surface area contributed by atoms with Crippen LogP contribution < -0.4 is 5.32 Å². The van der Waals surface area contributed by atoms with E-state index in [9.17, 15) is 0 Å². The maximum atomic E-state index is 3.32. The third kappa shape index (κ3) is 1.76. The van der Waals surface area contributed by atoms with Crippen molar-refractivity contribution in [3.63, 3.8) is 0 Å². The summed E-state index contributed by atoms with van der Waals surface area (Å²) in [6.07, 6.45) is 0. The van der Waals surface area contributed by atoms with Crippen LogP contribution in [-0.4, -0.2) is 7.05 Å². The zero-order valence-corrected chi connectivity index (χ0v) is 11.5. The molecule has 2 aromatic rings. The van der Waals surface area contributed by atoms with E-state index in [1.54, 1.807) is 0 Å². The third-order valence-corrected chi connectivity index (χ3v) is 4.85. The Labute approximate surface area is 101 Å². The number of aryl methyl sites for hydroxylation is 3. The number of thiophene rings is 1. The lowest BCUT2D eigenvalue weighted by Gasteiger charge is -2.08. The Bertz CT molecular complexity index is 525. The van der Waals surface area contributed by atoms with Gasteiger partial charge in [-0.3, -0.25) is 0 Å². The van der Waals surface area contributed by atoms with Gasteiger partial charge in [-0.15, -0.1) is 11.3 Å². The molecule has 0 amide bonds. The van der Waals surface area contributed by atoms with Gasteiger partial charge in [0.1, 0.15) is 0 Å². The summed E-state index contributed by atoms with van der Waals surface area (Å²) in [6.45, 7) is 8.83. The van der Waals surface area contributed by atoms with E-state index in [0.29, 0.717) is 6.04 Å². The highest BCUT2D eigenvalue weighted by molar-refractivity contribution is 7.19. The molecule has 0 saturated carbocycles. The van der Waals surface area contributed by atoms with Crippen molar-refractivity contribution in [1.82, 2.24) is 5.32 Å². The molecule has 0 aliphatic heterocycles. The molecule has 1 N–H and O–H groups in total. The van der Waals surface area contributed by atoms with Crippen molar-refractivity contribution in [1.29, 1.82) is 0 Å². The number of nitrogens with one attached hydrogen (secondary N) is 1. The molecular weight excluding hydrogens is 214 g/mol. The van der Waals surface area contributed by atoms with E-state index in [1.165, 1.54) is 31.7 Å². The second-order valence-electron chi connectivity index (χ2n) is 4.53. The van der Waals surface area contributed by atoms with Crippen LogP contribution >= 0.6 is 11.3 Å². The predicted molar refractivity (Wildman–Crippen MR) is 73.5 cm³/mol. The highest BCUT2D eigenvalue weighted by atomic mass is 32.1. The Balaban J connectivity index is 2.68. The maximum absolute atomic E-state index is 3.32. The summed E-state index contributed by atoms with van der Waals surface area (Å²) in [5, 5.41) is 4.74. The van der Waals surface area contributed by atoms with E-state index >= 15 is 0 Å². The molecule has 1 aromatic carbocycles. The molecular formula is C14H19NS. The van der Waals surface area contributed by atoms with E-state index in [2.05, 4.69) is 45.1 Å². The van der Waals surface area contributed by atoms with Crippen molar-refractivity contribution in [3.05, 3.63) is 33.7 Å². The lowest BCUT2D eigenvalue weighted by molar-refractivity contribution is 0.661. The van der Waals surface area contributed by atoms with E-state index in [-0.39, 0.29) is 0 Å². The molecule has 0 radical (unpaired) electrons. The molecule has 2 heteroatoms. The topological polar surface area (TPSA) is 12.0 Å². The SMILES string of the molecule is CNC(C)c1sc2cc(C)c(C)cc2c1C. The first kappa shape index (κ1) is 11.6.